The van der Waals surface area contributed by atoms with Crippen LogP contribution in [0, 0.1) is 0 Å². The van der Waals surface area contributed by atoms with E-state index < -0.39 is 0 Å². The molecular formula is C14H21NO3. The molecule has 4 nitrogen and oxygen atoms in total. The van der Waals surface area contributed by atoms with E-state index in [1.54, 1.807) is 24.3 Å². The molecule has 0 spiro atoms. The van der Waals surface area contributed by atoms with E-state index in [0.29, 0.717) is 18.7 Å². The van der Waals surface area contributed by atoms with E-state index in [4.69, 9.17) is 4.74 Å². The molecule has 0 amide bonds. The molecule has 100 valence electrons. The smallest absolute Gasteiger partial charge is 0.124 e. The summed E-state index contributed by atoms with van der Waals surface area (Å²) in [5, 5.41) is 22.7. The van der Waals surface area contributed by atoms with Crippen molar-refractivity contribution in [2.75, 3.05) is 13.2 Å². The van der Waals surface area contributed by atoms with Crippen LogP contribution in [0.25, 0.3) is 0 Å². The number of aromatic hydroxyl groups is 2. The summed E-state index contributed by atoms with van der Waals surface area (Å²) in [6.07, 6.45) is 1.74. The number of hydrogen-bond donors (Lipinski definition) is 3. The summed E-state index contributed by atoms with van der Waals surface area (Å²) in [6.45, 7) is 8.56. The van der Waals surface area contributed by atoms with Crippen LogP contribution in [0.4, 0.5) is 0 Å². The lowest BCUT2D eigenvalue weighted by atomic mass is 10.1. The minimum atomic E-state index is -0.152. The molecule has 1 aromatic carbocycles. The van der Waals surface area contributed by atoms with Crippen LogP contribution in [-0.4, -0.2) is 29.5 Å². The Labute approximate surface area is 108 Å². The molecule has 0 aromatic heterocycles. The van der Waals surface area contributed by atoms with Gasteiger partial charge >= 0.3 is 0 Å². The summed E-state index contributed by atoms with van der Waals surface area (Å²) in [4.78, 5) is 0. The number of hydrogen-bond acceptors (Lipinski definition) is 4. The second-order valence-corrected chi connectivity index (χ2v) is 4.27. The lowest BCUT2D eigenvalue weighted by molar-refractivity contribution is 0.0859. The molecule has 18 heavy (non-hydrogen) atoms. The van der Waals surface area contributed by atoms with Gasteiger partial charge in [-0.05, 0) is 26.0 Å². The summed E-state index contributed by atoms with van der Waals surface area (Å²) in [7, 11) is 0. The van der Waals surface area contributed by atoms with Gasteiger partial charge in [0.15, 0.2) is 0 Å². The number of benzene rings is 1. The van der Waals surface area contributed by atoms with Crippen LogP contribution < -0.4 is 5.32 Å². The highest BCUT2D eigenvalue weighted by molar-refractivity contribution is 5.44. The van der Waals surface area contributed by atoms with Crippen molar-refractivity contribution in [2.24, 2.45) is 0 Å². The van der Waals surface area contributed by atoms with Crippen LogP contribution in [0.15, 0.2) is 30.9 Å². The van der Waals surface area contributed by atoms with E-state index in [2.05, 4.69) is 11.9 Å². The zero-order valence-corrected chi connectivity index (χ0v) is 10.9. The standard InChI is InChI=1S/C14H21NO3/c1-4-8-18-10(2)9-15-11(3)14-12(16)6-5-7-13(14)17/h4-7,10-11,15-17H,1,8-9H2,2-3H3. The van der Waals surface area contributed by atoms with Crippen molar-refractivity contribution in [3.8, 4) is 11.5 Å². The van der Waals surface area contributed by atoms with Crippen molar-refractivity contribution < 1.29 is 14.9 Å². The minimum absolute atomic E-state index is 0.0402. The predicted molar refractivity (Wildman–Crippen MR) is 71.8 cm³/mol. The molecule has 1 aromatic rings. The maximum atomic E-state index is 9.72. The van der Waals surface area contributed by atoms with Crippen LogP contribution in [0.3, 0.4) is 0 Å². The summed E-state index contributed by atoms with van der Waals surface area (Å²) in [6, 6.07) is 4.58. The second-order valence-electron chi connectivity index (χ2n) is 4.27. The van der Waals surface area contributed by atoms with Gasteiger partial charge in [0, 0.05) is 12.6 Å². The highest BCUT2D eigenvalue weighted by atomic mass is 16.5. The van der Waals surface area contributed by atoms with E-state index >= 15 is 0 Å². The van der Waals surface area contributed by atoms with Crippen molar-refractivity contribution >= 4 is 0 Å². The zero-order chi connectivity index (χ0) is 13.5. The summed E-state index contributed by atoms with van der Waals surface area (Å²) < 4.78 is 5.43. The van der Waals surface area contributed by atoms with E-state index in [-0.39, 0.29) is 23.6 Å². The monoisotopic (exact) mass is 251 g/mol. The minimum Gasteiger partial charge on any atom is -0.507 e. The molecule has 2 unspecified atom stereocenters. The lowest BCUT2D eigenvalue weighted by Gasteiger charge is -2.19. The number of phenolic OH excluding ortho intramolecular Hbond substituents is 2. The topological polar surface area (TPSA) is 61.7 Å². The maximum absolute atomic E-state index is 9.72. The lowest BCUT2D eigenvalue weighted by Crippen LogP contribution is -2.29. The van der Waals surface area contributed by atoms with Gasteiger partial charge in [-0.25, -0.2) is 0 Å². The predicted octanol–water partition coefficient (Wildman–Crippen LogP) is 2.34. The molecule has 2 atom stereocenters. The Balaban J connectivity index is 2.55. The summed E-state index contributed by atoms with van der Waals surface area (Å²) in [5.74, 6) is 0.185. The number of ether oxygens (including phenoxy) is 1. The average molecular weight is 251 g/mol. The van der Waals surface area contributed by atoms with E-state index in [0.717, 1.165) is 0 Å². The van der Waals surface area contributed by atoms with Crippen molar-refractivity contribution in [2.45, 2.75) is 26.0 Å². The second kappa shape index (κ2) is 7.03. The molecule has 0 saturated carbocycles. The highest BCUT2D eigenvalue weighted by Crippen LogP contribution is 2.31. The largest absolute Gasteiger partial charge is 0.507 e. The number of phenols is 2. The first-order valence-electron chi connectivity index (χ1n) is 6.03. The van der Waals surface area contributed by atoms with Gasteiger partial charge in [-0.3, -0.25) is 0 Å². The third kappa shape index (κ3) is 4.05. The zero-order valence-electron chi connectivity index (χ0n) is 10.9. The molecule has 0 aliphatic carbocycles. The Bertz CT molecular complexity index is 372. The van der Waals surface area contributed by atoms with Gasteiger partial charge in [0.2, 0.25) is 0 Å². The van der Waals surface area contributed by atoms with Gasteiger partial charge < -0.3 is 20.3 Å². The molecule has 0 fully saturated rings. The normalized spacial score (nSPS) is 14.1. The van der Waals surface area contributed by atoms with Crippen LogP contribution in [0.2, 0.25) is 0 Å². The van der Waals surface area contributed by atoms with Gasteiger partial charge in [-0.15, -0.1) is 6.58 Å². The summed E-state index contributed by atoms with van der Waals surface area (Å²) >= 11 is 0. The van der Waals surface area contributed by atoms with Gasteiger partial charge in [0.05, 0.1) is 18.3 Å². The Kier molecular flexibility index (Phi) is 5.68. The van der Waals surface area contributed by atoms with Gasteiger partial charge in [-0.2, -0.15) is 0 Å². The Morgan fingerprint density at radius 1 is 1.33 bits per heavy atom. The van der Waals surface area contributed by atoms with Gasteiger partial charge in [0.1, 0.15) is 11.5 Å². The molecule has 0 aliphatic rings. The quantitative estimate of drug-likeness (QED) is 0.651. The highest BCUT2D eigenvalue weighted by Gasteiger charge is 2.15. The Morgan fingerprint density at radius 3 is 2.50 bits per heavy atom. The first-order chi connectivity index (χ1) is 8.56. The van der Waals surface area contributed by atoms with Crippen LogP contribution >= 0.6 is 0 Å². The summed E-state index contributed by atoms with van der Waals surface area (Å²) in [5.41, 5.74) is 0.508. The fraction of sp³-hybridized carbons (Fsp3) is 0.429. The molecule has 3 N–H and O–H groups in total. The first kappa shape index (κ1) is 14.5. The van der Waals surface area contributed by atoms with Crippen molar-refractivity contribution in [1.82, 2.24) is 5.32 Å². The van der Waals surface area contributed by atoms with Crippen molar-refractivity contribution in [1.29, 1.82) is 0 Å². The number of nitrogens with one attached hydrogen (secondary N) is 1. The fourth-order valence-electron chi connectivity index (χ4n) is 1.72. The first-order valence-corrected chi connectivity index (χ1v) is 6.03. The van der Waals surface area contributed by atoms with Crippen LogP contribution in [0.1, 0.15) is 25.5 Å². The van der Waals surface area contributed by atoms with Crippen LogP contribution in [-0.2, 0) is 4.74 Å². The third-order valence-electron chi connectivity index (χ3n) is 2.70. The SMILES string of the molecule is C=CCOC(C)CNC(C)c1c(O)cccc1O. The molecular weight excluding hydrogens is 230 g/mol. The number of rotatable bonds is 7. The molecule has 0 saturated heterocycles. The molecule has 0 aliphatic heterocycles. The van der Waals surface area contributed by atoms with Crippen molar-refractivity contribution in [3.63, 3.8) is 0 Å². The molecule has 1 rings (SSSR count). The van der Waals surface area contributed by atoms with Gasteiger partial charge in [0.25, 0.3) is 0 Å². The van der Waals surface area contributed by atoms with E-state index in [1.807, 2.05) is 13.8 Å². The third-order valence-corrected chi connectivity index (χ3v) is 2.70. The fourth-order valence-corrected chi connectivity index (χ4v) is 1.72. The molecule has 0 radical (unpaired) electrons. The Hall–Kier alpha value is -1.52. The molecule has 0 heterocycles. The van der Waals surface area contributed by atoms with E-state index in [9.17, 15) is 10.2 Å². The maximum Gasteiger partial charge on any atom is 0.124 e. The van der Waals surface area contributed by atoms with Crippen LogP contribution in [0.5, 0.6) is 11.5 Å². The Morgan fingerprint density at radius 2 is 1.94 bits per heavy atom. The van der Waals surface area contributed by atoms with Gasteiger partial charge in [-0.1, -0.05) is 12.1 Å². The van der Waals surface area contributed by atoms with Crippen molar-refractivity contribution in [3.05, 3.63) is 36.4 Å². The molecule has 4 heteroatoms. The van der Waals surface area contributed by atoms with E-state index in [1.165, 1.54) is 0 Å². The average Bonchev–Trinajstić information content (AvgIpc) is 2.33. The molecule has 0 bridgehead atoms.